The minimum Gasteiger partial charge on any atom is -0.370 e. The van der Waals surface area contributed by atoms with Crippen LogP contribution < -0.4 is 27.4 Å². The van der Waals surface area contributed by atoms with Crippen LogP contribution in [0, 0.1) is 5.92 Å². The standard InChI is InChI=1S/C27H40N8O5/c28-27(29)32-11-4-7-21(25(39)26(40)31-14-10-19-5-2-1-3-6-19)33-22(36)16-35-18-23(37)34(17-24(35)38)15-20-8-12-30-13-9-20/h1-3,5-6,20-21,30H,4,7-18H2,(H,31,40)(H,33,36)(H4,28,29,32)/t21-/m0/s1. The highest BCUT2D eigenvalue weighted by atomic mass is 16.2. The summed E-state index contributed by atoms with van der Waals surface area (Å²) in [5, 5.41) is 8.45. The summed E-state index contributed by atoms with van der Waals surface area (Å²) in [4.78, 5) is 70.4. The molecule has 218 valence electrons. The number of aliphatic imine (C=N–C) groups is 1. The number of nitrogens with two attached hydrogens (primary N) is 2. The highest BCUT2D eigenvalue weighted by molar-refractivity contribution is 6.38. The maximum Gasteiger partial charge on any atom is 0.289 e. The molecule has 2 aliphatic heterocycles. The predicted molar refractivity (Wildman–Crippen MR) is 149 cm³/mol. The van der Waals surface area contributed by atoms with Crippen molar-refractivity contribution in [1.29, 1.82) is 0 Å². The lowest BCUT2D eigenvalue weighted by atomic mass is 9.97. The molecule has 0 aliphatic carbocycles. The lowest BCUT2D eigenvalue weighted by Gasteiger charge is -2.36. The molecule has 2 saturated heterocycles. The van der Waals surface area contributed by atoms with Crippen molar-refractivity contribution in [3.63, 3.8) is 0 Å². The van der Waals surface area contributed by atoms with E-state index in [1.165, 1.54) is 4.90 Å². The van der Waals surface area contributed by atoms with Crippen LogP contribution >= 0.6 is 0 Å². The van der Waals surface area contributed by atoms with E-state index < -0.39 is 23.6 Å². The van der Waals surface area contributed by atoms with Gasteiger partial charge in [-0.25, -0.2) is 0 Å². The van der Waals surface area contributed by atoms with Gasteiger partial charge in [0.15, 0.2) is 5.96 Å². The molecule has 0 aromatic heterocycles. The lowest BCUT2D eigenvalue weighted by Crippen LogP contribution is -2.58. The SMILES string of the molecule is NC(N)=NCCC[C@H](NC(=O)CN1CC(=O)N(CC2CCNCC2)CC1=O)C(=O)C(=O)NCCc1ccccc1. The van der Waals surface area contributed by atoms with Crippen molar-refractivity contribution in [2.75, 3.05) is 52.4 Å². The van der Waals surface area contributed by atoms with Crippen LogP contribution in [0.25, 0.3) is 0 Å². The molecule has 7 N–H and O–H groups in total. The molecule has 0 unspecified atom stereocenters. The number of piperidine rings is 1. The second kappa shape index (κ2) is 15.6. The summed E-state index contributed by atoms with van der Waals surface area (Å²) < 4.78 is 0. The zero-order valence-electron chi connectivity index (χ0n) is 22.8. The Balaban J connectivity index is 1.53. The molecule has 0 radical (unpaired) electrons. The fourth-order valence-electron chi connectivity index (χ4n) is 4.79. The third-order valence-electron chi connectivity index (χ3n) is 6.99. The summed E-state index contributed by atoms with van der Waals surface area (Å²) in [6, 6.07) is 8.36. The van der Waals surface area contributed by atoms with Gasteiger partial charge in [0.1, 0.15) is 13.1 Å². The Morgan fingerprint density at radius 2 is 1.70 bits per heavy atom. The second-order valence-corrected chi connectivity index (χ2v) is 10.1. The van der Waals surface area contributed by atoms with Crippen LogP contribution in [-0.4, -0.2) is 104 Å². The van der Waals surface area contributed by atoms with E-state index in [9.17, 15) is 24.0 Å². The molecule has 0 saturated carbocycles. The zero-order chi connectivity index (χ0) is 28.9. The Kier molecular flexibility index (Phi) is 11.9. The summed E-state index contributed by atoms with van der Waals surface area (Å²) in [7, 11) is 0. The van der Waals surface area contributed by atoms with Gasteiger partial charge >= 0.3 is 0 Å². The molecule has 0 bridgehead atoms. The highest BCUT2D eigenvalue weighted by Crippen LogP contribution is 2.16. The van der Waals surface area contributed by atoms with Crippen LogP contribution in [0.2, 0.25) is 0 Å². The average molecular weight is 557 g/mol. The van der Waals surface area contributed by atoms with Crippen LogP contribution in [0.1, 0.15) is 31.2 Å². The first kappa shape index (κ1) is 30.5. The molecule has 1 aromatic rings. The van der Waals surface area contributed by atoms with Gasteiger partial charge in [0.2, 0.25) is 23.5 Å². The van der Waals surface area contributed by atoms with Crippen molar-refractivity contribution in [3.8, 4) is 0 Å². The largest absolute Gasteiger partial charge is 0.370 e. The summed E-state index contributed by atoms with van der Waals surface area (Å²) in [5.41, 5.74) is 11.7. The van der Waals surface area contributed by atoms with Gasteiger partial charge in [-0.2, -0.15) is 0 Å². The Bertz CT molecular complexity index is 1070. The Morgan fingerprint density at radius 3 is 2.40 bits per heavy atom. The van der Waals surface area contributed by atoms with Gasteiger partial charge in [0.25, 0.3) is 5.91 Å². The van der Waals surface area contributed by atoms with E-state index in [1.807, 2.05) is 30.3 Å². The van der Waals surface area contributed by atoms with Gasteiger partial charge in [0, 0.05) is 19.6 Å². The number of ketones is 1. The fourth-order valence-corrected chi connectivity index (χ4v) is 4.79. The van der Waals surface area contributed by atoms with Crippen molar-refractivity contribution in [3.05, 3.63) is 35.9 Å². The molecular weight excluding hydrogens is 516 g/mol. The van der Waals surface area contributed by atoms with E-state index in [1.54, 1.807) is 4.90 Å². The summed E-state index contributed by atoms with van der Waals surface area (Å²) in [5.74, 6) is -2.57. The lowest BCUT2D eigenvalue weighted by molar-refractivity contribution is -0.152. The van der Waals surface area contributed by atoms with Crippen molar-refractivity contribution in [2.45, 2.75) is 38.1 Å². The van der Waals surface area contributed by atoms with Gasteiger partial charge in [-0.1, -0.05) is 30.3 Å². The monoisotopic (exact) mass is 556 g/mol. The summed E-state index contributed by atoms with van der Waals surface area (Å²) in [6.45, 7) is 2.09. The number of piperazine rings is 1. The van der Waals surface area contributed by atoms with E-state index in [0.29, 0.717) is 25.3 Å². The fraction of sp³-hybridized carbons (Fsp3) is 0.556. The van der Waals surface area contributed by atoms with Crippen LogP contribution in [0.15, 0.2) is 35.3 Å². The number of hydrogen-bond acceptors (Lipinski definition) is 7. The number of guanidine groups is 1. The number of rotatable bonds is 14. The van der Waals surface area contributed by atoms with E-state index in [2.05, 4.69) is 20.9 Å². The third kappa shape index (κ3) is 9.95. The van der Waals surface area contributed by atoms with E-state index in [-0.39, 0.29) is 56.9 Å². The van der Waals surface area contributed by atoms with Gasteiger partial charge < -0.3 is 37.2 Å². The van der Waals surface area contributed by atoms with Crippen LogP contribution in [0.4, 0.5) is 0 Å². The van der Waals surface area contributed by atoms with Gasteiger partial charge in [-0.15, -0.1) is 0 Å². The van der Waals surface area contributed by atoms with Gasteiger partial charge in [-0.05, 0) is 56.7 Å². The molecule has 40 heavy (non-hydrogen) atoms. The summed E-state index contributed by atoms with van der Waals surface area (Å²) >= 11 is 0. The Hall–Kier alpha value is -4.00. The number of nitrogens with one attached hydrogen (secondary N) is 3. The van der Waals surface area contributed by atoms with Crippen molar-refractivity contribution in [2.24, 2.45) is 22.4 Å². The maximum atomic E-state index is 12.9. The van der Waals surface area contributed by atoms with Crippen molar-refractivity contribution >= 4 is 35.4 Å². The number of Topliss-reactive ketones (excluding diaryl/α,β-unsaturated/α-hetero) is 1. The van der Waals surface area contributed by atoms with Crippen LogP contribution in [0.3, 0.4) is 0 Å². The maximum absolute atomic E-state index is 12.9. The number of hydrogen-bond donors (Lipinski definition) is 5. The minimum atomic E-state index is -1.13. The molecule has 2 fully saturated rings. The Morgan fingerprint density at radius 1 is 1.02 bits per heavy atom. The number of carbonyl (C=O) groups is 5. The minimum absolute atomic E-state index is 0.0826. The first-order valence-electron chi connectivity index (χ1n) is 13.7. The molecule has 2 heterocycles. The van der Waals surface area contributed by atoms with Crippen molar-refractivity contribution < 1.29 is 24.0 Å². The Labute approximate surface area is 234 Å². The van der Waals surface area contributed by atoms with Crippen LogP contribution in [-0.2, 0) is 30.4 Å². The average Bonchev–Trinajstić information content (AvgIpc) is 2.93. The van der Waals surface area contributed by atoms with Crippen LogP contribution in [0.5, 0.6) is 0 Å². The molecule has 1 aromatic carbocycles. The number of benzene rings is 1. The van der Waals surface area contributed by atoms with E-state index in [0.717, 1.165) is 31.5 Å². The molecule has 0 spiro atoms. The van der Waals surface area contributed by atoms with E-state index >= 15 is 0 Å². The summed E-state index contributed by atoms with van der Waals surface area (Å²) in [6.07, 6.45) is 2.88. The molecule has 13 nitrogen and oxygen atoms in total. The molecular formula is C27H40N8O5. The third-order valence-corrected chi connectivity index (χ3v) is 6.99. The number of nitrogens with zero attached hydrogens (tertiary/aromatic N) is 3. The first-order chi connectivity index (χ1) is 19.2. The van der Waals surface area contributed by atoms with E-state index in [4.69, 9.17) is 11.5 Å². The normalized spacial score (nSPS) is 16.8. The topological polar surface area (TPSA) is 192 Å². The van der Waals surface area contributed by atoms with Gasteiger partial charge in [0.05, 0.1) is 12.6 Å². The van der Waals surface area contributed by atoms with Gasteiger partial charge in [-0.3, -0.25) is 29.0 Å². The highest BCUT2D eigenvalue weighted by Gasteiger charge is 2.33. The molecule has 4 amide bonds. The van der Waals surface area contributed by atoms with Crippen molar-refractivity contribution in [1.82, 2.24) is 25.8 Å². The molecule has 3 rings (SSSR count). The molecule has 13 heteroatoms. The second-order valence-electron chi connectivity index (χ2n) is 10.1. The molecule has 2 aliphatic rings. The number of amides is 4. The smallest absolute Gasteiger partial charge is 0.289 e. The predicted octanol–water partition coefficient (Wildman–Crippen LogP) is -1.88. The quantitative estimate of drug-likeness (QED) is 0.0761. The first-order valence-corrected chi connectivity index (χ1v) is 13.7. The number of carbonyl (C=O) groups excluding carboxylic acids is 5. The zero-order valence-corrected chi connectivity index (χ0v) is 22.8. The molecule has 1 atom stereocenters.